The van der Waals surface area contributed by atoms with Gasteiger partial charge in [0.25, 0.3) is 5.69 Å². The van der Waals surface area contributed by atoms with E-state index in [1.165, 1.54) is 12.1 Å². The van der Waals surface area contributed by atoms with Gasteiger partial charge < -0.3 is 5.32 Å². The summed E-state index contributed by atoms with van der Waals surface area (Å²) in [5, 5.41) is 14.3. The Morgan fingerprint density at radius 2 is 2.18 bits per heavy atom. The normalized spacial score (nSPS) is 14.4. The van der Waals surface area contributed by atoms with Crippen LogP contribution in [0.4, 0.5) is 5.69 Å². The van der Waals surface area contributed by atoms with Gasteiger partial charge in [0.1, 0.15) is 0 Å². The van der Waals surface area contributed by atoms with Crippen LogP contribution >= 0.6 is 11.6 Å². The highest BCUT2D eigenvalue weighted by molar-refractivity contribution is 6.31. The van der Waals surface area contributed by atoms with Crippen LogP contribution in [0.15, 0.2) is 18.2 Å². The van der Waals surface area contributed by atoms with Crippen LogP contribution in [0.1, 0.15) is 31.7 Å². The number of hydrogen-bond donors (Lipinski definition) is 1. The molecule has 0 saturated carbocycles. The number of halogens is 1. The van der Waals surface area contributed by atoms with Gasteiger partial charge >= 0.3 is 0 Å². The third-order valence-electron chi connectivity index (χ3n) is 3.09. The van der Waals surface area contributed by atoms with Gasteiger partial charge in [-0.1, -0.05) is 24.6 Å². The summed E-state index contributed by atoms with van der Waals surface area (Å²) in [5.41, 5.74) is 0.993. The van der Waals surface area contributed by atoms with Gasteiger partial charge in [0.2, 0.25) is 0 Å². The largest absolute Gasteiger partial charge is 0.317 e. The number of nitrogens with one attached hydrogen (secondary N) is 1. The fraction of sp³-hybridized carbons (Fsp3) is 0.500. The summed E-state index contributed by atoms with van der Waals surface area (Å²) in [4.78, 5) is 10.2. The highest BCUT2D eigenvalue weighted by atomic mass is 35.5. The Balaban J connectivity index is 3.09. The van der Waals surface area contributed by atoms with Crippen molar-refractivity contribution >= 4 is 17.3 Å². The van der Waals surface area contributed by atoms with Gasteiger partial charge in [-0.25, -0.2) is 0 Å². The van der Waals surface area contributed by atoms with E-state index in [1.54, 1.807) is 6.07 Å². The molecule has 2 unspecified atom stereocenters. The fourth-order valence-electron chi connectivity index (χ4n) is 1.97. The number of likely N-dealkylation sites (N-methyl/N-ethyl adjacent to an activating group) is 1. The number of benzene rings is 1. The number of hydrogen-bond acceptors (Lipinski definition) is 3. The van der Waals surface area contributed by atoms with Crippen molar-refractivity contribution in [1.29, 1.82) is 0 Å². The Morgan fingerprint density at radius 3 is 2.59 bits per heavy atom. The summed E-state index contributed by atoms with van der Waals surface area (Å²) in [5.74, 6) is 0.258. The molecular weight excluding hydrogens is 240 g/mol. The molecule has 0 aliphatic rings. The molecule has 2 atom stereocenters. The molecule has 0 heterocycles. The van der Waals surface area contributed by atoms with Crippen molar-refractivity contribution in [3.8, 4) is 0 Å². The average molecular weight is 257 g/mol. The SMILES string of the molecule is CCC(c1ccc([N+](=O)[O-])cc1Cl)C(C)NC. The Morgan fingerprint density at radius 1 is 1.53 bits per heavy atom. The Kier molecular flexibility index (Phi) is 4.90. The molecule has 0 bridgehead atoms. The first-order chi connectivity index (χ1) is 8.01. The van der Waals surface area contributed by atoms with E-state index >= 15 is 0 Å². The second kappa shape index (κ2) is 5.98. The van der Waals surface area contributed by atoms with Crippen LogP contribution in [0.25, 0.3) is 0 Å². The van der Waals surface area contributed by atoms with Crippen LogP contribution < -0.4 is 5.32 Å². The maximum atomic E-state index is 10.6. The Hall–Kier alpha value is -1.13. The molecule has 17 heavy (non-hydrogen) atoms. The zero-order chi connectivity index (χ0) is 13.0. The zero-order valence-corrected chi connectivity index (χ0v) is 11.0. The third kappa shape index (κ3) is 3.17. The molecule has 4 nitrogen and oxygen atoms in total. The van der Waals surface area contributed by atoms with E-state index in [-0.39, 0.29) is 17.6 Å². The molecule has 1 N–H and O–H groups in total. The topological polar surface area (TPSA) is 55.2 Å². The molecule has 0 aliphatic carbocycles. The van der Waals surface area contributed by atoms with E-state index < -0.39 is 4.92 Å². The van der Waals surface area contributed by atoms with Crippen LogP contribution in [0.5, 0.6) is 0 Å². The maximum absolute atomic E-state index is 10.6. The highest BCUT2D eigenvalue weighted by Crippen LogP contribution is 2.32. The van der Waals surface area contributed by atoms with Crippen molar-refractivity contribution in [2.24, 2.45) is 0 Å². The van der Waals surface area contributed by atoms with Crippen LogP contribution in [-0.2, 0) is 0 Å². The van der Waals surface area contributed by atoms with E-state index in [0.717, 1.165) is 12.0 Å². The van der Waals surface area contributed by atoms with Gasteiger partial charge in [-0.05, 0) is 26.0 Å². The minimum Gasteiger partial charge on any atom is -0.317 e. The molecule has 0 amide bonds. The van der Waals surface area contributed by atoms with E-state index in [1.807, 2.05) is 7.05 Å². The molecule has 0 aliphatic heterocycles. The average Bonchev–Trinajstić information content (AvgIpc) is 2.31. The number of nitro benzene ring substituents is 1. The van der Waals surface area contributed by atoms with E-state index in [0.29, 0.717) is 5.02 Å². The monoisotopic (exact) mass is 256 g/mol. The summed E-state index contributed by atoms with van der Waals surface area (Å²) < 4.78 is 0. The number of nitro groups is 1. The second-order valence-corrected chi connectivity index (χ2v) is 4.46. The quantitative estimate of drug-likeness (QED) is 0.649. The number of rotatable bonds is 5. The van der Waals surface area contributed by atoms with Gasteiger partial charge in [0.15, 0.2) is 0 Å². The predicted octanol–water partition coefficient (Wildman–Crippen LogP) is 3.35. The third-order valence-corrected chi connectivity index (χ3v) is 3.42. The Bertz CT molecular complexity index is 409. The lowest BCUT2D eigenvalue weighted by atomic mass is 9.90. The zero-order valence-electron chi connectivity index (χ0n) is 10.2. The summed E-state index contributed by atoms with van der Waals surface area (Å²) >= 11 is 6.12. The summed E-state index contributed by atoms with van der Waals surface area (Å²) in [6, 6.07) is 4.95. The van der Waals surface area contributed by atoms with Crippen LogP contribution in [0.3, 0.4) is 0 Å². The molecule has 0 radical (unpaired) electrons. The van der Waals surface area contributed by atoms with Crippen molar-refractivity contribution in [3.63, 3.8) is 0 Å². The van der Waals surface area contributed by atoms with Gasteiger partial charge in [-0.15, -0.1) is 0 Å². The van der Waals surface area contributed by atoms with Gasteiger partial charge in [0, 0.05) is 24.1 Å². The summed E-state index contributed by atoms with van der Waals surface area (Å²) in [7, 11) is 1.90. The first-order valence-corrected chi connectivity index (χ1v) is 6.00. The molecule has 0 spiro atoms. The molecular formula is C12H17ClN2O2. The van der Waals surface area contributed by atoms with Crippen LogP contribution in [-0.4, -0.2) is 18.0 Å². The van der Waals surface area contributed by atoms with Gasteiger partial charge in [-0.2, -0.15) is 0 Å². The molecule has 94 valence electrons. The number of nitrogens with zero attached hydrogens (tertiary/aromatic N) is 1. The Labute approximate surface area is 106 Å². The summed E-state index contributed by atoms with van der Waals surface area (Å²) in [6.07, 6.45) is 0.930. The predicted molar refractivity (Wildman–Crippen MR) is 69.7 cm³/mol. The first-order valence-electron chi connectivity index (χ1n) is 5.62. The van der Waals surface area contributed by atoms with Gasteiger partial charge in [-0.3, -0.25) is 10.1 Å². The lowest BCUT2D eigenvalue weighted by Gasteiger charge is -2.23. The van der Waals surface area contributed by atoms with Crippen molar-refractivity contribution < 1.29 is 4.92 Å². The van der Waals surface area contributed by atoms with Gasteiger partial charge in [0.05, 0.1) is 9.95 Å². The van der Waals surface area contributed by atoms with Crippen molar-refractivity contribution in [2.75, 3.05) is 7.05 Å². The molecule has 0 aromatic heterocycles. The van der Waals surface area contributed by atoms with Crippen molar-refractivity contribution in [1.82, 2.24) is 5.32 Å². The van der Waals surface area contributed by atoms with Crippen molar-refractivity contribution in [3.05, 3.63) is 38.9 Å². The smallest absolute Gasteiger partial charge is 0.270 e. The van der Waals surface area contributed by atoms with E-state index in [4.69, 9.17) is 11.6 Å². The first kappa shape index (κ1) is 13.9. The van der Waals surface area contributed by atoms with Crippen LogP contribution in [0, 0.1) is 10.1 Å². The number of non-ortho nitro benzene ring substituents is 1. The lowest BCUT2D eigenvalue weighted by molar-refractivity contribution is -0.384. The lowest BCUT2D eigenvalue weighted by Crippen LogP contribution is -2.28. The minimum absolute atomic E-state index is 0.0331. The van der Waals surface area contributed by atoms with Crippen molar-refractivity contribution in [2.45, 2.75) is 32.2 Å². The molecule has 1 rings (SSSR count). The maximum Gasteiger partial charge on any atom is 0.270 e. The molecule has 5 heteroatoms. The second-order valence-electron chi connectivity index (χ2n) is 4.06. The minimum atomic E-state index is -0.432. The van der Waals surface area contributed by atoms with Crippen LogP contribution in [0.2, 0.25) is 5.02 Å². The highest BCUT2D eigenvalue weighted by Gasteiger charge is 2.20. The summed E-state index contributed by atoms with van der Waals surface area (Å²) in [6.45, 7) is 4.15. The molecule has 0 fully saturated rings. The fourth-order valence-corrected chi connectivity index (χ4v) is 2.29. The van der Waals surface area contributed by atoms with E-state index in [2.05, 4.69) is 19.2 Å². The standard InChI is InChI=1S/C12H17ClN2O2/c1-4-10(8(2)14-3)11-6-5-9(15(16)17)7-12(11)13/h5-8,10,14H,4H2,1-3H3. The molecule has 0 saturated heterocycles. The van der Waals surface area contributed by atoms with E-state index in [9.17, 15) is 10.1 Å². The molecule has 1 aromatic carbocycles. The molecule has 1 aromatic rings.